The van der Waals surface area contributed by atoms with E-state index in [2.05, 4.69) is 0 Å². The molecule has 0 aromatic carbocycles. The van der Waals surface area contributed by atoms with Crippen LogP contribution in [0.15, 0.2) is 0 Å². The number of hydrogen-bond acceptors (Lipinski definition) is 1. The maximum atomic E-state index is 11.6. The van der Waals surface area contributed by atoms with Crippen LogP contribution in [0.2, 0.25) is 0 Å². The molecule has 0 fully saturated rings. The van der Waals surface area contributed by atoms with Crippen LogP contribution in [0.3, 0.4) is 0 Å². The van der Waals surface area contributed by atoms with E-state index in [0.717, 1.165) is 0 Å². The van der Waals surface area contributed by atoms with Crippen LogP contribution >= 0.6 is 0 Å². The summed E-state index contributed by atoms with van der Waals surface area (Å²) in [7, 11) is 0. The SMILES string of the molecule is [2H]C([2H])(C(=O)C(C)C)C([2H])([2H])C(C)(C)C. The molecule has 0 amide bonds. The average molecular weight is 160 g/mol. The second-order valence-electron chi connectivity index (χ2n) is 4.02. The van der Waals surface area contributed by atoms with Gasteiger partial charge in [-0.1, -0.05) is 34.6 Å². The van der Waals surface area contributed by atoms with Crippen LogP contribution in [0.25, 0.3) is 0 Å². The minimum atomic E-state index is -2.45. The largest absolute Gasteiger partial charge is 0.299 e. The molecule has 1 nitrogen and oxygen atoms in total. The van der Waals surface area contributed by atoms with Crippen LogP contribution in [-0.4, -0.2) is 5.78 Å². The predicted octanol–water partition coefficient (Wildman–Crippen LogP) is 3.04. The molecule has 11 heavy (non-hydrogen) atoms. The van der Waals surface area contributed by atoms with Crippen molar-refractivity contribution in [1.82, 2.24) is 0 Å². The summed E-state index contributed by atoms with van der Waals surface area (Å²) in [5, 5.41) is 0. The van der Waals surface area contributed by atoms with Crippen LogP contribution in [0.5, 0.6) is 0 Å². The van der Waals surface area contributed by atoms with Gasteiger partial charge in [-0.3, -0.25) is 4.79 Å². The second kappa shape index (κ2) is 3.89. The summed E-state index contributed by atoms with van der Waals surface area (Å²) >= 11 is 0. The van der Waals surface area contributed by atoms with E-state index in [0.29, 0.717) is 0 Å². The first kappa shape index (κ1) is 5.34. The number of hydrogen-bond donors (Lipinski definition) is 0. The number of carbonyl (C=O) groups is 1. The van der Waals surface area contributed by atoms with Crippen LogP contribution in [0.4, 0.5) is 0 Å². The highest BCUT2D eigenvalue weighted by Crippen LogP contribution is 2.21. The zero-order valence-electron chi connectivity index (χ0n) is 12.0. The first-order valence-electron chi connectivity index (χ1n) is 5.90. The van der Waals surface area contributed by atoms with Crippen molar-refractivity contribution in [2.24, 2.45) is 11.3 Å². The Balaban J connectivity index is 5.29. The summed E-state index contributed by atoms with van der Waals surface area (Å²) in [5.74, 6) is -1.18. The van der Waals surface area contributed by atoms with Crippen molar-refractivity contribution in [1.29, 1.82) is 0 Å². The summed E-state index contributed by atoms with van der Waals surface area (Å²) in [6.45, 7) is 7.95. The number of Topliss-reactive ketones (excluding diaryl/α,β-unsaturated/α-hetero) is 1. The third-order valence-electron chi connectivity index (χ3n) is 1.09. The van der Waals surface area contributed by atoms with E-state index in [1.165, 1.54) is 0 Å². The lowest BCUT2D eigenvalue weighted by Crippen LogP contribution is -2.12. The third kappa shape index (κ3) is 6.08. The molecule has 66 valence electrons. The van der Waals surface area contributed by atoms with Gasteiger partial charge in [-0.05, 0) is 11.8 Å². The highest BCUT2D eigenvalue weighted by molar-refractivity contribution is 5.80. The first-order valence-corrected chi connectivity index (χ1v) is 3.90. The molecule has 0 aromatic rings. The fourth-order valence-corrected chi connectivity index (χ4v) is 0.393. The van der Waals surface area contributed by atoms with E-state index in [-0.39, 0.29) is 0 Å². The summed E-state index contributed by atoms with van der Waals surface area (Å²) in [4.78, 5) is 11.6. The van der Waals surface area contributed by atoms with E-state index >= 15 is 0 Å². The fourth-order valence-electron chi connectivity index (χ4n) is 0.393. The van der Waals surface area contributed by atoms with Crippen molar-refractivity contribution >= 4 is 5.78 Å². The van der Waals surface area contributed by atoms with Gasteiger partial charge in [0.15, 0.2) is 0 Å². The lowest BCUT2D eigenvalue weighted by atomic mass is 9.88. The highest BCUT2D eigenvalue weighted by atomic mass is 16.1. The summed E-state index contributed by atoms with van der Waals surface area (Å²) < 4.78 is 30.9. The first-order chi connectivity index (χ1) is 6.35. The quantitative estimate of drug-likeness (QED) is 0.620. The Morgan fingerprint density at radius 1 is 1.45 bits per heavy atom. The van der Waals surface area contributed by atoms with Gasteiger partial charge in [-0.2, -0.15) is 0 Å². The third-order valence-corrected chi connectivity index (χ3v) is 1.09. The molecule has 0 unspecified atom stereocenters. The Bertz CT molecular complexity index is 251. The predicted molar refractivity (Wildman–Crippen MR) is 48.5 cm³/mol. The molecule has 0 rings (SSSR count). The van der Waals surface area contributed by atoms with Crippen molar-refractivity contribution in [3.8, 4) is 0 Å². The Labute approximate surface area is 75.8 Å². The fraction of sp³-hybridized carbons (Fsp3) is 0.900. The maximum absolute atomic E-state index is 11.6. The maximum Gasteiger partial charge on any atom is 0.135 e. The Kier molecular flexibility index (Phi) is 1.89. The van der Waals surface area contributed by atoms with E-state index in [1.54, 1.807) is 34.6 Å². The minimum Gasteiger partial charge on any atom is -0.299 e. The normalized spacial score (nSPS) is 20.2. The highest BCUT2D eigenvalue weighted by Gasteiger charge is 2.14. The van der Waals surface area contributed by atoms with Gasteiger partial charge in [0.1, 0.15) is 5.78 Å². The van der Waals surface area contributed by atoms with Crippen LogP contribution < -0.4 is 0 Å². The Hall–Kier alpha value is -0.330. The molecule has 0 bridgehead atoms. The number of ketones is 1. The van der Waals surface area contributed by atoms with Gasteiger partial charge in [-0.25, -0.2) is 0 Å². The zero-order chi connectivity index (χ0) is 12.7. The molecule has 1 heteroatoms. The van der Waals surface area contributed by atoms with Gasteiger partial charge in [0.05, 0.1) is 0 Å². The summed E-state index contributed by atoms with van der Waals surface area (Å²) in [6, 6.07) is 0. The summed E-state index contributed by atoms with van der Waals surface area (Å²) in [6.07, 6.45) is -4.62. The van der Waals surface area contributed by atoms with E-state index < -0.39 is 29.9 Å². The van der Waals surface area contributed by atoms with Crippen LogP contribution in [-0.2, 0) is 4.79 Å². The zero-order valence-corrected chi connectivity index (χ0v) is 7.99. The molecule has 0 aliphatic rings. The molecule has 0 saturated heterocycles. The second-order valence-corrected chi connectivity index (χ2v) is 4.02. The van der Waals surface area contributed by atoms with Gasteiger partial charge < -0.3 is 0 Å². The van der Waals surface area contributed by atoms with E-state index in [4.69, 9.17) is 5.48 Å². The number of rotatable bonds is 3. The van der Waals surface area contributed by atoms with Crippen molar-refractivity contribution in [2.75, 3.05) is 0 Å². The van der Waals surface area contributed by atoms with E-state index in [1.807, 2.05) is 0 Å². The van der Waals surface area contributed by atoms with Crippen molar-refractivity contribution in [2.45, 2.75) is 47.4 Å². The lowest BCUT2D eigenvalue weighted by molar-refractivity contribution is -0.122. The standard InChI is InChI=1S/C10H20O/c1-8(2)9(11)6-7-10(3,4)5/h8H,6-7H2,1-5H3/i6D2,7D2. The van der Waals surface area contributed by atoms with Gasteiger partial charge in [-0.15, -0.1) is 0 Å². The molecule has 0 spiro atoms. The van der Waals surface area contributed by atoms with Gasteiger partial charge in [0, 0.05) is 17.8 Å². The topological polar surface area (TPSA) is 17.1 Å². The van der Waals surface area contributed by atoms with Gasteiger partial charge in [0.25, 0.3) is 0 Å². The molecular weight excluding hydrogens is 136 g/mol. The Morgan fingerprint density at radius 3 is 2.18 bits per heavy atom. The number of carbonyl (C=O) groups excluding carboxylic acids is 1. The van der Waals surface area contributed by atoms with Crippen molar-refractivity contribution < 1.29 is 10.3 Å². The molecule has 0 N–H and O–H groups in total. The molecule has 0 radical (unpaired) electrons. The average Bonchev–Trinajstić information content (AvgIpc) is 2.00. The minimum absolute atomic E-state index is 0.502. The van der Waals surface area contributed by atoms with Crippen LogP contribution in [0.1, 0.15) is 52.8 Å². The summed E-state index contributed by atoms with van der Waals surface area (Å²) in [5.41, 5.74) is -0.916. The van der Waals surface area contributed by atoms with E-state index in [9.17, 15) is 4.79 Å². The molecular formula is C10H20O. The lowest BCUT2D eigenvalue weighted by Gasteiger charge is -2.17. The van der Waals surface area contributed by atoms with Gasteiger partial charge >= 0.3 is 0 Å². The molecule has 0 saturated carbocycles. The molecule has 0 atom stereocenters. The molecule has 0 aromatic heterocycles. The molecule has 0 aliphatic carbocycles. The van der Waals surface area contributed by atoms with Crippen LogP contribution in [0, 0.1) is 11.3 Å². The smallest absolute Gasteiger partial charge is 0.135 e. The van der Waals surface area contributed by atoms with Gasteiger partial charge in [0.2, 0.25) is 0 Å². The van der Waals surface area contributed by atoms with Crippen molar-refractivity contribution in [3.05, 3.63) is 0 Å². The molecule has 0 heterocycles. The van der Waals surface area contributed by atoms with Crippen molar-refractivity contribution in [3.63, 3.8) is 0 Å². The Morgan fingerprint density at radius 2 is 1.91 bits per heavy atom. The monoisotopic (exact) mass is 160 g/mol. The molecule has 0 aliphatic heterocycles.